The first kappa shape index (κ1) is 16.5. The van der Waals surface area contributed by atoms with Crippen LogP contribution < -0.4 is 9.80 Å². The van der Waals surface area contributed by atoms with E-state index in [1.807, 2.05) is 0 Å². The summed E-state index contributed by atoms with van der Waals surface area (Å²) in [4.78, 5) is 18.0. The Labute approximate surface area is 163 Å². The minimum Gasteiger partial charge on any atom is -0.310 e. The SMILES string of the molecule is Clc1nc(N2CCCc3ccccc32)nc(N2CCCc3ccccc32)n1. The maximum Gasteiger partial charge on any atom is 0.236 e. The molecule has 0 atom stereocenters. The summed E-state index contributed by atoms with van der Waals surface area (Å²) in [5, 5.41) is 0.237. The molecule has 0 amide bonds. The molecule has 3 aromatic rings. The van der Waals surface area contributed by atoms with Crippen LogP contribution in [0.2, 0.25) is 5.28 Å². The number of benzene rings is 2. The van der Waals surface area contributed by atoms with Crippen LogP contribution in [0.5, 0.6) is 0 Å². The zero-order valence-electron chi connectivity index (χ0n) is 15.0. The van der Waals surface area contributed by atoms with E-state index in [1.165, 1.54) is 11.1 Å². The lowest BCUT2D eigenvalue weighted by Gasteiger charge is -2.32. The van der Waals surface area contributed by atoms with E-state index in [0.29, 0.717) is 11.9 Å². The zero-order chi connectivity index (χ0) is 18.2. The van der Waals surface area contributed by atoms with Gasteiger partial charge in [-0.3, -0.25) is 0 Å². The summed E-state index contributed by atoms with van der Waals surface area (Å²) < 4.78 is 0. The van der Waals surface area contributed by atoms with E-state index in [0.717, 1.165) is 50.1 Å². The molecule has 136 valence electrons. The van der Waals surface area contributed by atoms with Crippen molar-refractivity contribution in [1.82, 2.24) is 15.0 Å². The summed E-state index contributed by atoms with van der Waals surface area (Å²) in [5.41, 5.74) is 4.97. The van der Waals surface area contributed by atoms with Gasteiger partial charge in [0.15, 0.2) is 0 Å². The first-order chi connectivity index (χ1) is 13.3. The van der Waals surface area contributed by atoms with Gasteiger partial charge in [0, 0.05) is 24.5 Å². The van der Waals surface area contributed by atoms with Crippen LogP contribution in [-0.4, -0.2) is 28.0 Å². The van der Waals surface area contributed by atoms with Crippen LogP contribution in [0.15, 0.2) is 48.5 Å². The fourth-order valence-corrected chi connectivity index (χ4v) is 4.20. The van der Waals surface area contributed by atoms with Crippen LogP contribution in [-0.2, 0) is 12.8 Å². The lowest BCUT2D eigenvalue weighted by molar-refractivity contribution is 0.730. The molecule has 2 aliphatic heterocycles. The maximum absolute atomic E-state index is 6.33. The molecule has 3 heterocycles. The van der Waals surface area contributed by atoms with Crippen molar-refractivity contribution in [2.75, 3.05) is 22.9 Å². The summed E-state index contributed by atoms with van der Waals surface area (Å²) in [6.07, 6.45) is 4.31. The minimum absolute atomic E-state index is 0.237. The van der Waals surface area contributed by atoms with Crippen molar-refractivity contribution in [3.8, 4) is 0 Å². The third-order valence-corrected chi connectivity index (χ3v) is 5.46. The first-order valence-corrected chi connectivity index (χ1v) is 9.80. The van der Waals surface area contributed by atoms with Crippen molar-refractivity contribution in [3.63, 3.8) is 0 Å². The molecule has 5 rings (SSSR count). The van der Waals surface area contributed by atoms with Crippen LogP contribution >= 0.6 is 11.6 Å². The summed E-state index contributed by atoms with van der Waals surface area (Å²) in [7, 11) is 0. The number of rotatable bonds is 2. The lowest BCUT2D eigenvalue weighted by atomic mass is 10.0. The molecule has 0 radical (unpaired) electrons. The molecule has 0 saturated heterocycles. The van der Waals surface area contributed by atoms with Crippen LogP contribution in [0, 0.1) is 0 Å². The Balaban J connectivity index is 1.58. The third kappa shape index (κ3) is 3.02. The second kappa shape index (κ2) is 6.82. The maximum atomic E-state index is 6.33. The van der Waals surface area contributed by atoms with Gasteiger partial charge in [-0.25, -0.2) is 0 Å². The predicted octanol–water partition coefficient (Wildman–Crippen LogP) is 4.69. The molecular formula is C21H20ClN5. The number of aryl methyl sites for hydroxylation is 2. The predicted molar refractivity (Wildman–Crippen MR) is 108 cm³/mol. The number of hydrogen-bond acceptors (Lipinski definition) is 5. The number of para-hydroxylation sites is 2. The Kier molecular flexibility index (Phi) is 4.17. The van der Waals surface area contributed by atoms with Crippen molar-refractivity contribution in [1.29, 1.82) is 0 Å². The van der Waals surface area contributed by atoms with Gasteiger partial charge in [-0.05, 0) is 60.5 Å². The van der Waals surface area contributed by atoms with Crippen LogP contribution in [0.25, 0.3) is 0 Å². The van der Waals surface area contributed by atoms with Crippen LogP contribution in [0.1, 0.15) is 24.0 Å². The Hall–Kier alpha value is -2.66. The normalized spacial score (nSPS) is 16.0. The van der Waals surface area contributed by atoms with Gasteiger partial charge >= 0.3 is 0 Å². The molecule has 0 fully saturated rings. The highest BCUT2D eigenvalue weighted by atomic mass is 35.5. The Morgan fingerprint density at radius 2 is 1.15 bits per heavy atom. The molecule has 0 unspecified atom stereocenters. The highest BCUT2D eigenvalue weighted by Crippen LogP contribution is 2.35. The fraction of sp³-hybridized carbons (Fsp3) is 0.286. The van der Waals surface area contributed by atoms with Crippen molar-refractivity contribution in [3.05, 3.63) is 64.9 Å². The summed E-state index contributed by atoms with van der Waals surface area (Å²) in [6.45, 7) is 1.76. The molecular weight excluding hydrogens is 358 g/mol. The van der Waals surface area contributed by atoms with Gasteiger partial charge in [0.2, 0.25) is 17.2 Å². The molecule has 0 spiro atoms. The Morgan fingerprint density at radius 3 is 1.67 bits per heavy atom. The largest absolute Gasteiger partial charge is 0.310 e. The van der Waals surface area contributed by atoms with Crippen LogP contribution in [0.4, 0.5) is 23.3 Å². The van der Waals surface area contributed by atoms with Crippen molar-refractivity contribution in [2.45, 2.75) is 25.7 Å². The van der Waals surface area contributed by atoms with Gasteiger partial charge in [0.05, 0.1) is 0 Å². The van der Waals surface area contributed by atoms with E-state index in [9.17, 15) is 0 Å². The van der Waals surface area contributed by atoms with E-state index in [4.69, 9.17) is 16.6 Å². The second-order valence-corrected chi connectivity index (χ2v) is 7.31. The monoisotopic (exact) mass is 377 g/mol. The zero-order valence-corrected chi connectivity index (χ0v) is 15.7. The van der Waals surface area contributed by atoms with Crippen molar-refractivity contribution < 1.29 is 0 Å². The molecule has 2 aromatic carbocycles. The summed E-state index contributed by atoms with van der Waals surface area (Å²) >= 11 is 6.33. The van der Waals surface area contributed by atoms with Gasteiger partial charge in [0.25, 0.3) is 0 Å². The number of anilines is 4. The molecule has 1 aromatic heterocycles. The molecule has 6 heteroatoms. The minimum atomic E-state index is 0.237. The average Bonchev–Trinajstić information content (AvgIpc) is 2.72. The topological polar surface area (TPSA) is 45.2 Å². The van der Waals surface area contributed by atoms with E-state index >= 15 is 0 Å². The van der Waals surface area contributed by atoms with Crippen LogP contribution in [0.3, 0.4) is 0 Å². The average molecular weight is 378 g/mol. The number of fused-ring (bicyclic) bond motifs is 2. The summed E-state index contributed by atoms with van der Waals surface area (Å²) in [5.74, 6) is 1.25. The van der Waals surface area contributed by atoms with Gasteiger partial charge in [-0.15, -0.1) is 0 Å². The van der Waals surface area contributed by atoms with E-state index in [2.05, 4.69) is 68.3 Å². The molecule has 0 saturated carbocycles. The smallest absolute Gasteiger partial charge is 0.236 e. The molecule has 2 aliphatic rings. The lowest BCUT2D eigenvalue weighted by Crippen LogP contribution is -2.29. The molecule has 0 aliphatic carbocycles. The van der Waals surface area contributed by atoms with Gasteiger partial charge in [-0.2, -0.15) is 15.0 Å². The Morgan fingerprint density at radius 1 is 0.667 bits per heavy atom. The van der Waals surface area contributed by atoms with E-state index in [-0.39, 0.29) is 5.28 Å². The van der Waals surface area contributed by atoms with Crippen molar-refractivity contribution in [2.24, 2.45) is 0 Å². The highest BCUT2D eigenvalue weighted by Gasteiger charge is 2.25. The van der Waals surface area contributed by atoms with E-state index in [1.54, 1.807) is 0 Å². The third-order valence-electron chi connectivity index (χ3n) is 5.29. The number of aromatic nitrogens is 3. The van der Waals surface area contributed by atoms with Gasteiger partial charge < -0.3 is 9.80 Å². The molecule has 0 bridgehead atoms. The highest BCUT2D eigenvalue weighted by molar-refractivity contribution is 6.28. The molecule has 0 N–H and O–H groups in total. The van der Waals surface area contributed by atoms with Gasteiger partial charge in [0.1, 0.15) is 0 Å². The summed E-state index contributed by atoms with van der Waals surface area (Å²) in [6, 6.07) is 16.9. The number of hydrogen-bond donors (Lipinski definition) is 0. The quantitative estimate of drug-likeness (QED) is 0.648. The molecule has 27 heavy (non-hydrogen) atoms. The standard InChI is InChI=1S/C21H20ClN5/c22-19-23-20(26-13-5-9-15-7-1-3-11-17(15)26)25-21(24-19)27-14-6-10-16-8-2-4-12-18(16)27/h1-4,7-8,11-12H,5-6,9-10,13-14H2. The van der Waals surface area contributed by atoms with Gasteiger partial charge in [-0.1, -0.05) is 36.4 Å². The van der Waals surface area contributed by atoms with E-state index < -0.39 is 0 Å². The Bertz CT molecular complexity index is 914. The number of nitrogens with zero attached hydrogens (tertiary/aromatic N) is 5. The molecule has 5 nitrogen and oxygen atoms in total. The van der Waals surface area contributed by atoms with Crippen molar-refractivity contribution >= 4 is 34.9 Å². The second-order valence-electron chi connectivity index (χ2n) is 6.97. The first-order valence-electron chi connectivity index (χ1n) is 9.42. The fourth-order valence-electron chi connectivity index (χ4n) is 4.05. The number of halogens is 1.